The van der Waals surface area contributed by atoms with Crippen LogP contribution in [-0.4, -0.2) is 23.4 Å². The summed E-state index contributed by atoms with van der Waals surface area (Å²) in [5, 5.41) is 0.713. The number of benzene rings is 1. The smallest absolute Gasteiger partial charge is 0.240 e. The number of halogens is 1. The van der Waals surface area contributed by atoms with Gasteiger partial charge in [-0.2, -0.15) is 0 Å². The monoisotopic (exact) mass is 280 g/mol. The van der Waals surface area contributed by atoms with Crippen molar-refractivity contribution in [2.75, 3.05) is 6.54 Å². The van der Waals surface area contributed by atoms with Gasteiger partial charge in [0.25, 0.3) is 0 Å². The van der Waals surface area contributed by atoms with Gasteiger partial charge in [0, 0.05) is 11.6 Å². The molecule has 0 bridgehead atoms. The number of likely N-dealkylation sites (tertiary alicyclic amines) is 1. The molecule has 2 atom stereocenters. The summed E-state index contributed by atoms with van der Waals surface area (Å²) < 4.78 is 0. The third-order valence-corrected chi connectivity index (χ3v) is 4.01. The highest BCUT2D eigenvalue weighted by Crippen LogP contribution is 2.33. The lowest BCUT2D eigenvalue weighted by Crippen LogP contribution is -2.46. The van der Waals surface area contributed by atoms with E-state index >= 15 is 0 Å². The van der Waals surface area contributed by atoms with Gasteiger partial charge in [-0.1, -0.05) is 37.6 Å². The van der Waals surface area contributed by atoms with Crippen LogP contribution in [0.1, 0.15) is 38.3 Å². The normalized spacial score (nSPS) is 20.9. The summed E-state index contributed by atoms with van der Waals surface area (Å²) in [7, 11) is 0. The molecule has 1 aliphatic heterocycles. The molecule has 1 aromatic rings. The molecule has 1 amide bonds. The molecule has 0 aliphatic carbocycles. The molecule has 0 spiro atoms. The lowest BCUT2D eigenvalue weighted by molar-refractivity contribution is -0.134. The molecule has 1 fully saturated rings. The van der Waals surface area contributed by atoms with Gasteiger partial charge in [-0.25, -0.2) is 0 Å². The molecule has 0 saturated carbocycles. The van der Waals surface area contributed by atoms with Crippen LogP contribution in [0.3, 0.4) is 0 Å². The van der Waals surface area contributed by atoms with E-state index in [2.05, 4.69) is 0 Å². The molecule has 0 aromatic heterocycles. The van der Waals surface area contributed by atoms with Gasteiger partial charge < -0.3 is 10.6 Å². The van der Waals surface area contributed by atoms with Crippen molar-refractivity contribution in [3.05, 3.63) is 34.9 Å². The number of nitrogens with zero attached hydrogens (tertiary/aromatic N) is 1. The van der Waals surface area contributed by atoms with Crippen molar-refractivity contribution in [2.24, 2.45) is 11.7 Å². The minimum absolute atomic E-state index is 0.0532. The van der Waals surface area contributed by atoms with Crippen molar-refractivity contribution in [3.63, 3.8) is 0 Å². The van der Waals surface area contributed by atoms with Gasteiger partial charge in [0.2, 0.25) is 5.91 Å². The zero-order chi connectivity index (χ0) is 14.0. The third kappa shape index (κ3) is 3.10. The number of amides is 1. The molecule has 2 N–H and O–H groups in total. The van der Waals surface area contributed by atoms with Crippen LogP contribution in [0.5, 0.6) is 0 Å². The molecule has 1 heterocycles. The average molecular weight is 281 g/mol. The Hall–Kier alpha value is -1.06. The second-order valence-corrected chi connectivity index (χ2v) is 5.95. The zero-order valence-corrected chi connectivity index (χ0v) is 12.2. The van der Waals surface area contributed by atoms with Crippen LogP contribution in [0.4, 0.5) is 0 Å². The largest absolute Gasteiger partial charge is 0.334 e. The molecule has 1 aliphatic rings. The molecule has 1 unspecified atom stereocenters. The fraction of sp³-hybridized carbons (Fsp3) is 0.533. The summed E-state index contributed by atoms with van der Waals surface area (Å²) >= 11 is 6.04. The predicted molar refractivity (Wildman–Crippen MR) is 78.0 cm³/mol. The molecule has 1 saturated heterocycles. The number of hydrogen-bond donors (Lipinski definition) is 1. The second kappa shape index (κ2) is 5.93. The summed E-state index contributed by atoms with van der Waals surface area (Å²) in [6, 6.07) is 7.46. The Morgan fingerprint density at radius 2 is 2.21 bits per heavy atom. The summed E-state index contributed by atoms with van der Waals surface area (Å²) in [6.07, 6.45) is 2.00. The fourth-order valence-electron chi connectivity index (χ4n) is 2.57. The first-order valence-corrected chi connectivity index (χ1v) is 7.20. The summed E-state index contributed by atoms with van der Waals surface area (Å²) in [4.78, 5) is 14.3. The van der Waals surface area contributed by atoms with Crippen LogP contribution in [0, 0.1) is 5.92 Å². The van der Waals surface area contributed by atoms with E-state index in [-0.39, 0.29) is 17.9 Å². The standard InChI is InChI=1S/C15H21ClN2O/c1-10(2)14(17)15(19)18-8-4-7-13(18)11-5-3-6-12(16)9-11/h3,5-6,9-10,13-14H,4,7-8,17H2,1-2H3/t13?,14-/m0/s1. The maximum absolute atomic E-state index is 12.4. The molecule has 104 valence electrons. The van der Waals surface area contributed by atoms with Gasteiger partial charge in [0.05, 0.1) is 12.1 Å². The molecule has 1 aromatic carbocycles. The first-order chi connectivity index (χ1) is 9.00. The molecule has 2 rings (SSSR count). The first kappa shape index (κ1) is 14.4. The van der Waals surface area contributed by atoms with Crippen molar-refractivity contribution in [2.45, 2.75) is 38.8 Å². The quantitative estimate of drug-likeness (QED) is 0.925. The third-order valence-electron chi connectivity index (χ3n) is 3.77. The topological polar surface area (TPSA) is 46.3 Å². The Labute approximate surface area is 119 Å². The Kier molecular flexibility index (Phi) is 4.48. The van der Waals surface area contributed by atoms with Crippen LogP contribution in [0.25, 0.3) is 0 Å². The van der Waals surface area contributed by atoms with E-state index in [0.29, 0.717) is 5.02 Å². The fourth-order valence-corrected chi connectivity index (χ4v) is 2.77. The zero-order valence-electron chi connectivity index (χ0n) is 11.5. The van der Waals surface area contributed by atoms with Gasteiger partial charge in [-0.15, -0.1) is 0 Å². The molecule has 19 heavy (non-hydrogen) atoms. The number of hydrogen-bond acceptors (Lipinski definition) is 2. The Balaban J connectivity index is 2.19. The second-order valence-electron chi connectivity index (χ2n) is 5.51. The summed E-state index contributed by atoms with van der Waals surface area (Å²) in [6.45, 7) is 4.75. The van der Waals surface area contributed by atoms with Crippen LogP contribution in [0.2, 0.25) is 5.02 Å². The van der Waals surface area contributed by atoms with Crippen LogP contribution < -0.4 is 5.73 Å². The van der Waals surface area contributed by atoms with Gasteiger partial charge in [-0.3, -0.25) is 4.79 Å². The van der Waals surface area contributed by atoms with E-state index in [4.69, 9.17) is 17.3 Å². The highest BCUT2D eigenvalue weighted by atomic mass is 35.5. The van der Waals surface area contributed by atoms with Gasteiger partial charge >= 0.3 is 0 Å². The summed E-state index contributed by atoms with van der Waals surface area (Å²) in [5.74, 6) is 0.214. The van der Waals surface area contributed by atoms with Crippen molar-refractivity contribution in [1.29, 1.82) is 0 Å². The molecule has 3 nitrogen and oxygen atoms in total. The maximum Gasteiger partial charge on any atom is 0.240 e. The van der Waals surface area contributed by atoms with Crippen molar-refractivity contribution in [3.8, 4) is 0 Å². The van der Waals surface area contributed by atoms with Gasteiger partial charge in [-0.05, 0) is 36.5 Å². The van der Waals surface area contributed by atoms with Crippen LogP contribution in [-0.2, 0) is 4.79 Å². The SMILES string of the molecule is CC(C)[C@H](N)C(=O)N1CCCC1c1cccc(Cl)c1. The van der Waals surface area contributed by atoms with Crippen molar-refractivity contribution >= 4 is 17.5 Å². The molecular weight excluding hydrogens is 260 g/mol. The lowest BCUT2D eigenvalue weighted by atomic mass is 10.0. The Morgan fingerprint density at radius 1 is 1.47 bits per heavy atom. The predicted octanol–water partition coefficient (Wildman–Crippen LogP) is 2.99. The molecule has 0 radical (unpaired) electrons. The van der Waals surface area contributed by atoms with Gasteiger partial charge in [0.1, 0.15) is 0 Å². The van der Waals surface area contributed by atoms with Crippen molar-refractivity contribution < 1.29 is 4.79 Å². The average Bonchev–Trinajstić information content (AvgIpc) is 2.86. The summed E-state index contributed by atoms with van der Waals surface area (Å²) in [5.41, 5.74) is 7.10. The Bertz CT molecular complexity index is 461. The number of carbonyl (C=O) groups excluding carboxylic acids is 1. The number of nitrogens with two attached hydrogens (primary N) is 1. The minimum atomic E-state index is -0.417. The van der Waals surface area contributed by atoms with E-state index in [1.807, 2.05) is 43.0 Å². The number of rotatable bonds is 3. The molecule has 4 heteroatoms. The number of carbonyl (C=O) groups is 1. The van der Waals surface area contributed by atoms with Crippen LogP contribution in [0.15, 0.2) is 24.3 Å². The van der Waals surface area contributed by atoms with E-state index in [1.165, 1.54) is 0 Å². The first-order valence-electron chi connectivity index (χ1n) is 6.82. The van der Waals surface area contributed by atoms with E-state index < -0.39 is 6.04 Å². The lowest BCUT2D eigenvalue weighted by Gasteiger charge is -2.29. The van der Waals surface area contributed by atoms with Gasteiger partial charge in [0.15, 0.2) is 0 Å². The van der Waals surface area contributed by atoms with E-state index in [9.17, 15) is 4.79 Å². The minimum Gasteiger partial charge on any atom is -0.334 e. The molecular formula is C15H21ClN2O. The Morgan fingerprint density at radius 3 is 2.84 bits per heavy atom. The highest BCUT2D eigenvalue weighted by Gasteiger charge is 2.33. The van der Waals surface area contributed by atoms with E-state index in [0.717, 1.165) is 24.9 Å². The van der Waals surface area contributed by atoms with Crippen LogP contribution >= 0.6 is 11.6 Å². The van der Waals surface area contributed by atoms with Crippen molar-refractivity contribution in [1.82, 2.24) is 4.90 Å². The van der Waals surface area contributed by atoms with E-state index in [1.54, 1.807) is 0 Å². The maximum atomic E-state index is 12.4. The highest BCUT2D eigenvalue weighted by molar-refractivity contribution is 6.30.